The first-order valence-electron chi connectivity index (χ1n) is 8.88. The van der Waals surface area contributed by atoms with Crippen molar-refractivity contribution in [2.45, 2.75) is 38.8 Å². The minimum absolute atomic E-state index is 0.00702. The molecule has 1 saturated heterocycles. The number of benzene rings is 1. The van der Waals surface area contributed by atoms with Crippen molar-refractivity contribution < 1.29 is 9.18 Å². The third-order valence-corrected chi connectivity index (χ3v) is 6.20. The van der Waals surface area contributed by atoms with E-state index in [0.29, 0.717) is 11.4 Å². The lowest BCUT2D eigenvalue weighted by atomic mass is 9.93. The Morgan fingerprint density at radius 3 is 2.92 bits per heavy atom. The highest BCUT2D eigenvalue weighted by molar-refractivity contribution is 7.13. The van der Waals surface area contributed by atoms with Gasteiger partial charge in [0.2, 0.25) is 0 Å². The molecule has 4 rings (SSSR count). The van der Waals surface area contributed by atoms with Gasteiger partial charge in [-0.2, -0.15) is 0 Å². The van der Waals surface area contributed by atoms with Gasteiger partial charge in [0, 0.05) is 6.54 Å². The Morgan fingerprint density at radius 1 is 1.32 bits per heavy atom. The summed E-state index contributed by atoms with van der Waals surface area (Å²) in [6, 6.07) is 4.78. The van der Waals surface area contributed by atoms with Gasteiger partial charge in [-0.15, -0.1) is 11.3 Å². The molecule has 2 aromatic rings. The number of halogens is 1. The van der Waals surface area contributed by atoms with E-state index in [4.69, 9.17) is 0 Å². The molecule has 0 radical (unpaired) electrons. The number of hydrogen-bond acceptors (Lipinski definition) is 4. The van der Waals surface area contributed by atoms with Gasteiger partial charge < -0.3 is 4.90 Å². The van der Waals surface area contributed by atoms with Crippen LogP contribution in [0.1, 0.15) is 51.6 Å². The molecule has 0 bridgehead atoms. The molecule has 1 aromatic heterocycles. The van der Waals surface area contributed by atoms with Gasteiger partial charge in [-0.1, -0.05) is 6.07 Å². The number of likely N-dealkylation sites (tertiary alicyclic amines) is 1. The Kier molecular flexibility index (Phi) is 4.56. The second-order valence-corrected chi connectivity index (χ2v) is 7.98. The molecular formula is C19H22FN3OS. The molecule has 1 amide bonds. The van der Waals surface area contributed by atoms with E-state index >= 15 is 0 Å². The summed E-state index contributed by atoms with van der Waals surface area (Å²) in [5.41, 5.74) is 2.05. The van der Waals surface area contributed by atoms with Gasteiger partial charge in [0.1, 0.15) is 15.7 Å². The summed E-state index contributed by atoms with van der Waals surface area (Å²) in [4.78, 5) is 22.3. The Hall–Kier alpha value is -1.79. The molecule has 0 saturated carbocycles. The van der Waals surface area contributed by atoms with E-state index < -0.39 is 0 Å². The molecule has 0 spiro atoms. The Balaban J connectivity index is 1.50. The highest BCUT2D eigenvalue weighted by Crippen LogP contribution is 2.32. The van der Waals surface area contributed by atoms with Gasteiger partial charge in [-0.3, -0.25) is 9.69 Å². The fraction of sp³-hybridized carbons (Fsp3) is 0.474. The van der Waals surface area contributed by atoms with E-state index in [0.717, 1.165) is 42.2 Å². The number of thiazole rings is 1. The van der Waals surface area contributed by atoms with Gasteiger partial charge in [-0.25, -0.2) is 9.37 Å². The van der Waals surface area contributed by atoms with Crippen LogP contribution in [0.4, 0.5) is 4.39 Å². The zero-order chi connectivity index (χ0) is 17.4. The molecule has 2 aliphatic heterocycles. The zero-order valence-corrected chi connectivity index (χ0v) is 15.2. The first-order chi connectivity index (χ1) is 12.1. The highest BCUT2D eigenvalue weighted by Gasteiger charge is 2.29. The SMILES string of the molecule is C[C@@H]1c2cc(F)ccc2CCN1C(=O)c1cnc(CN2CCCC2)s1. The average Bonchev–Trinajstić information content (AvgIpc) is 3.28. The molecule has 1 aromatic carbocycles. The van der Waals surface area contributed by atoms with E-state index in [1.165, 1.54) is 30.2 Å². The third kappa shape index (κ3) is 3.33. The van der Waals surface area contributed by atoms with Crippen molar-refractivity contribution in [3.05, 3.63) is 51.2 Å². The largest absolute Gasteiger partial charge is 0.331 e. The van der Waals surface area contributed by atoms with Crippen molar-refractivity contribution >= 4 is 17.2 Å². The topological polar surface area (TPSA) is 36.4 Å². The van der Waals surface area contributed by atoms with Crippen molar-refractivity contribution in [2.24, 2.45) is 0 Å². The number of fused-ring (bicyclic) bond motifs is 1. The lowest BCUT2D eigenvalue weighted by molar-refractivity contribution is 0.0682. The monoisotopic (exact) mass is 359 g/mol. The van der Waals surface area contributed by atoms with E-state index in [-0.39, 0.29) is 17.8 Å². The van der Waals surface area contributed by atoms with E-state index in [1.54, 1.807) is 12.3 Å². The average molecular weight is 359 g/mol. The summed E-state index contributed by atoms with van der Waals surface area (Å²) >= 11 is 1.49. The highest BCUT2D eigenvalue weighted by atomic mass is 32.1. The van der Waals surface area contributed by atoms with Crippen molar-refractivity contribution in [1.29, 1.82) is 0 Å². The molecule has 1 fully saturated rings. The summed E-state index contributed by atoms with van der Waals surface area (Å²) in [7, 11) is 0. The number of amides is 1. The van der Waals surface area contributed by atoms with Crippen LogP contribution in [0.2, 0.25) is 0 Å². The number of nitrogens with zero attached hydrogens (tertiary/aromatic N) is 3. The van der Waals surface area contributed by atoms with Crippen LogP contribution in [-0.4, -0.2) is 40.3 Å². The first-order valence-corrected chi connectivity index (χ1v) is 9.70. The van der Waals surface area contributed by atoms with Crippen molar-refractivity contribution in [3.8, 4) is 0 Å². The van der Waals surface area contributed by atoms with Crippen molar-refractivity contribution in [3.63, 3.8) is 0 Å². The van der Waals surface area contributed by atoms with Gasteiger partial charge in [0.25, 0.3) is 5.91 Å². The predicted octanol–water partition coefficient (Wildman–Crippen LogP) is 3.64. The van der Waals surface area contributed by atoms with Gasteiger partial charge in [-0.05, 0) is 62.5 Å². The van der Waals surface area contributed by atoms with E-state index in [2.05, 4.69) is 9.88 Å². The Morgan fingerprint density at radius 2 is 2.12 bits per heavy atom. The Bertz CT molecular complexity index is 785. The second kappa shape index (κ2) is 6.84. The zero-order valence-electron chi connectivity index (χ0n) is 14.4. The van der Waals surface area contributed by atoms with Gasteiger partial charge in [0.05, 0.1) is 18.8 Å². The molecule has 3 heterocycles. The minimum atomic E-state index is -0.245. The number of rotatable bonds is 3. The predicted molar refractivity (Wildman–Crippen MR) is 96.2 cm³/mol. The fourth-order valence-electron chi connectivity index (χ4n) is 3.82. The molecule has 25 heavy (non-hydrogen) atoms. The van der Waals surface area contributed by atoms with Crippen molar-refractivity contribution in [1.82, 2.24) is 14.8 Å². The number of aromatic nitrogens is 1. The maximum Gasteiger partial charge on any atom is 0.266 e. The summed E-state index contributed by atoms with van der Waals surface area (Å²) < 4.78 is 13.6. The first kappa shape index (κ1) is 16.7. The Labute approximate surface area is 151 Å². The molecule has 0 N–H and O–H groups in total. The smallest absolute Gasteiger partial charge is 0.266 e. The molecule has 6 heteroatoms. The third-order valence-electron chi connectivity index (χ3n) is 5.23. The minimum Gasteiger partial charge on any atom is -0.331 e. The van der Waals surface area contributed by atoms with E-state index in [9.17, 15) is 9.18 Å². The maximum absolute atomic E-state index is 13.6. The van der Waals surface area contributed by atoms with Crippen LogP contribution in [-0.2, 0) is 13.0 Å². The lowest BCUT2D eigenvalue weighted by Crippen LogP contribution is -2.38. The van der Waals surface area contributed by atoms with E-state index in [1.807, 2.05) is 17.9 Å². The molecular weight excluding hydrogens is 337 g/mol. The van der Waals surface area contributed by atoms with Crippen LogP contribution in [0.25, 0.3) is 0 Å². The second-order valence-electron chi connectivity index (χ2n) is 6.87. The van der Waals surface area contributed by atoms with Gasteiger partial charge >= 0.3 is 0 Å². The van der Waals surface area contributed by atoms with Crippen LogP contribution in [0.15, 0.2) is 24.4 Å². The normalized spacial score (nSPS) is 20.7. The van der Waals surface area contributed by atoms with Crippen LogP contribution in [0.5, 0.6) is 0 Å². The molecule has 132 valence electrons. The summed E-state index contributed by atoms with van der Waals surface area (Å²) in [5, 5.41) is 1.00. The molecule has 0 aliphatic carbocycles. The van der Waals surface area contributed by atoms with Crippen LogP contribution in [0, 0.1) is 5.82 Å². The van der Waals surface area contributed by atoms with Gasteiger partial charge in [0.15, 0.2) is 0 Å². The lowest BCUT2D eigenvalue weighted by Gasteiger charge is -2.35. The van der Waals surface area contributed by atoms with Crippen LogP contribution in [0.3, 0.4) is 0 Å². The molecule has 1 atom stereocenters. The number of carbonyl (C=O) groups excluding carboxylic acids is 1. The number of hydrogen-bond donors (Lipinski definition) is 0. The summed E-state index contributed by atoms with van der Waals surface area (Å²) in [6.07, 6.45) is 4.97. The van der Waals surface area contributed by atoms with Crippen LogP contribution >= 0.6 is 11.3 Å². The molecule has 0 unspecified atom stereocenters. The number of carbonyl (C=O) groups is 1. The summed E-state index contributed by atoms with van der Waals surface area (Å²) in [6.45, 7) is 5.71. The van der Waals surface area contributed by atoms with Crippen LogP contribution < -0.4 is 0 Å². The maximum atomic E-state index is 13.6. The quantitative estimate of drug-likeness (QED) is 0.840. The molecule has 4 nitrogen and oxygen atoms in total. The summed E-state index contributed by atoms with van der Waals surface area (Å²) in [5.74, 6) is -0.238. The standard InChI is InChI=1S/C19H22FN3OS/c1-13-16-10-15(20)5-4-14(16)6-9-23(13)19(24)17-11-21-18(25-17)12-22-7-2-3-8-22/h4-5,10-11,13H,2-3,6-9,12H2,1H3/t13-/m1/s1. The fourth-order valence-corrected chi connectivity index (χ4v) is 4.73. The molecule has 2 aliphatic rings. The van der Waals surface area contributed by atoms with Crippen molar-refractivity contribution in [2.75, 3.05) is 19.6 Å².